The Labute approximate surface area is 520 Å². The number of aliphatic hydroxyl groups excluding tert-OH is 1. The SMILES string of the molecule is CC(=O)C=C(C)O.Cc1c(-c2[c-]cc(F)cc2F)ncn1C.Cc1c(-c2[c-]cccc2)ncn1C.Cn1cnc(-c2[c-]cc(F)cc2F)c1.Cn1cnc(-c2[c-]cccc2)c1.Cn1cnc(-c2[c-]cccc2)c1.[Ir].[Ir].[Ir].[Ir].[Ir]. The molecule has 0 saturated carbocycles. The number of ketones is 1. The first-order valence-electron chi connectivity index (χ1n) is 22.3. The first-order chi connectivity index (χ1) is 34.9. The third-order valence-corrected chi connectivity index (χ3v) is 10.1. The Morgan fingerprint density at radius 2 is 0.872 bits per heavy atom. The van der Waals surface area contributed by atoms with Crippen LogP contribution in [0.1, 0.15) is 25.2 Å². The Bertz CT molecular complexity index is 3270. The number of rotatable bonds is 6. The number of aromatic nitrogens is 10. The van der Waals surface area contributed by atoms with Crippen LogP contribution < -0.4 is 0 Å². The van der Waals surface area contributed by atoms with Gasteiger partial charge >= 0.3 is 0 Å². The molecule has 5 radical (unpaired) electrons. The fourth-order valence-corrected chi connectivity index (χ4v) is 6.35. The zero-order valence-corrected chi connectivity index (χ0v) is 55.4. The summed E-state index contributed by atoms with van der Waals surface area (Å²) in [4.78, 5) is 30.8. The second-order valence-electron chi connectivity index (χ2n) is 16.2. The molecular formula is C57H53F4Ir5N10O2-5. The number of aliphatic hydroxyl groups is 1. The van der Waals surface area contributed by atoms with E-state index >= 15 is 0 Å². The first-order valence-corrected chi connectivity index (χ1v) is 22.3. The van der Waals surface area contributed by atoms with Crippen molar-refractivity contribution in [1.82, 2.24) is 47.8 Å². The van der Waals surface area contributed by atoms with Crippen molar-refractivity contribution in [2.75, 3.05) is 0 Å². The number of hydrogen-bond donors (Lipinski definition) is 1. The average molecular weight is 1950 g/mol. The Kier molecular flexibility index (Phi) is 33.8. The fourth-order valence-electron chi connectivity index (χ4n) is 6.35. The van der Waals surface area contributed by atoms with E-state index in [1.165, 1.54) is 25.6 Å². The van der Waals surface area contributed by atoms with Gasteiger partial charge in [0.05, 0.1) is 37.4 Å². The van der Waals surface area contributed by atoms with Gasteiger partial charge in [0.15, 0.2) is 5.78 Å². The van der Waals surface area contributed by atoms with E-state index in [4.69, 9.17) is 5.11 Å². The van der Waals surface area contributed by atoms with Crippen molar-refractivity contribution >= 4 is 5.78 Å². The molecule has 10 rings (SSSR count). The number of aryl methyl sites for hydroxylation is 5. The topological polar surface area (TPSA) is 126 Å². The third kappa shape index (κ3) is 23.0. The minimum Gasteiger partial charge on any atom is -0.512 e. The number of carbonyl (C=O) groups is 1. The summed E-state index contributed by atoms with van der Waals surface area (Å²) in [7, 11) is 9.50. The molecule has 12 nitrogen and oxygen atoms in total. The molecule has 5 heterocycles. The molecule has 421 valence electrons. The predicted octanol–water partition coefficient (Wildman–Crippen LogP) is 11.6. The summed E-state index contributed by atoms with van der Waals surface area (Å²) >= 11 is 0. The molecule has 5 aromatic heterocycles. The second kappa shape index (κ2) is 36.5. The molecule has 0 amide bonds. The van der Waals surface area contributed by atoms with Gasteiger partial charge in [-0.3, -0.25) is 47.3 Å². The largest absolute Gasteiger partial charge is 0.512 e. The van der Waals surface area contributed by atoms with E-state index in [-0.39, 0.29) is 123 Å². The summed E-state index contributed by atoms with van der Waals surface area (Å²) in [6.45, 7) is 6.73. The fraction of sp³-hybridized carbons (Fsp3) is 0.158. The number of imidazole rings is 5. The van der Waals surface area contributed by atoms with Gasteiger partial charge in [-0.05, 0) is 57.7 Å². The molecule has 0 spiro atoms. The predicted molar refractivity (Wildman–Crippen MR) is 274 cm³/mol. The van der Waals surface area contributed by atoms with Gasteiger partial charge in [-0.25, -0.2) is 0 Å². The molecule has 0 saturated heterocycles. The zero-order chi connectivity index (χ0) is 53.0. The van der Waals surface area contributed by atoms with Gasteiger partial charge in [0.2, 0.25) is 0 Å². The Morgan fingerprint density at radius 1 is 0.500 bits per heavy atom. The summed E-state index contributed by atoms with van der Waals surface area (Å²) < 4.78 is 61.2. The molecule has 0 fully saturated rings. The molecule has 0 aliphatic heterocycles. The van der Waals surface area contributed by atoms with Gasteiger partial charge in [0, 0.05) is 194 Å². The van der Waals surface area contributed by atoms with Crippen LogP contribution in [0.2, 0.25) is 0 Å². The minimum atomic E-state index is -0.649. The molecule has 21 heteroatoms. The summed E-state index contributed by atoms with van der Waals surface area (Å²) in [5.74, 6) is -2.62. The smallest absolute Gasteiger partial charge is 0.155 e. The van der Waals surface area contributed by atoms with E-state index in [1.807, 2.05) is 140 Å². The van der Waals surface area contributed by atoms with Gasteiger partial charge in [0.1, 0.15) is 0 Å². The zero-order valence-electron chi connectivity index (χ0n) is 43.4. The number of halogens is 4. The molecule has 0 aliphatic carbocycles. The van der Waals surface area contributed by atoms with Crippen LogP contribution >= 0.6 is 0 Å². The molecular weight excluding hydrogens is 1890 g/mol. The van der Waals surface area contributed by atoms with E-state index in [9.17, 15) is 22.4 Å². The molecule has 0 bridgehead atoms. The average Bonchev–Trinajstić information content (AvgIpc) is 4.23. The van der Waals surface area contributed by atoms with Gasteiger partial charge in [-0.1, -0.05) is 23.3 Å². The number of nitrogens with zero attached hydrogens (tertiary/aromatic N) is 10. The summed E-state index contributed by atoms with van der Waals surface area (Å²) in [5, 5.41) is 8.36. The molecule has 0 unspecified atom stereocenters. The Morgan fingerprint density at radius 3 is 1.17 bits per heavy atom. The van der Waals surface area contributed by atoms with Crippen LogP contribution in [0.3, 0.4) is 0 Å². The molecule has 10 aromatic rings. The molecule has 1 N–H and O–H groups in total. The summed E-state index contributed by atoms with van der Waals surface area (Å²) in [6, 6.07) is 41.9. The number of allylic oxidation sites excluding steroid dienone is 2. The van der Waals surface area contributed by atoms with Crippen molar-refractivity contribution in [3.63, 3.8) is 0 Å². The summed E-state index contributed by atoms with van der Waals surface area (Å²) in [5.41, 5.74) is 9.41. The summed E-state index contributed by atoms with van der Waals surface area (Å²) in [6.07, 6.45) is 15.3. The van der Waals surface area contributed by atoms with Crippen LogP contribution in [0, 0.1) is 67.4 Å². The third-order valence-electron chi connectivity index (χ3n) is 10.1. The number of carbonyl (C=O) groups excluding carboxylic acids is 1. The normalized spacial score (nSPS) is 9.78. The van der Waals surface area contributed by atoms with Crippen LogP contribution in [-0.2, 0) is 141 Å². The molecule has 0 atom stereocenters. The van der Waals surface area contributed by atoms with Crippen molar-refractivity contribution in [2.24, 2.45) is 35.2 Å². The van der Waals surface area contributed by atoms with Gasteiger partial charge < -0.3 is 27.9 Å². The standard InChI is InChI=1S/C11H9F2N2.C11H11N2.C10H7F2N2.2C10H9N2.C5H8O2.5Ir/c1-7-11(14-6-15(7)2)9-4-3-8(12)5-10(9)13;1-9-11(12-8-13(9)2)10-6-4-3-5-7-10;1-14-5-10(13-6-14)8-3-2-7(11)4-9(8)12;2*1-12-7-10(11-8-12)9-5-3-2-4-6-9;1-4(6)3-5(2)7;;;;;/h3,5-6H,1-2H3;3-6,8H,1-2H3;2,4-6H,1H3;2*2-5,7-8H,1H3;3,6H,1-2H3;;;;;/q5*-1;;;;;;. The van der Waals surface area contributed by atoms with Gasteiger partial charge in [-0.15, -0.1) is 132 Å². The maximum Gasteiger partial charge on any atom is 0.155 e. The monoisotopic (exact) mass is 1950 g/mol. The molecule has 78 heavy (non-hydrogen) atoms. The van der Waals surface area contributed by atoms with E-state index in [1.54, 1.807) is 47.7 Å². The van der Waals surface area contributed by atoms with Crippen molar-refractivity contribution in [3.05, 3.63) is 224 Å². The van der Waals surface area contributed by atoms with Crippen molar-refractivity contribution < 1.29 is 128 Å². The minimum absolute atomic E-state index is 0. The van der Waals surface area contributed by atoms with Crippen molar-refractivity contribution in [1.29, 1.82) is 0 Å². The van der Waals surface area contributed by atoms with Crippen LogP contribution in [0.25, 0.3) is 56.3 Å². The quantitative estimate of drug-likeness (QED) is 0.0760. The van der Waals surface area contributed by atoms with Crippen LogP contribution in [0.15, 0.2) is 159 Å². The Hall–Kier alpha value is -5.67. The van der Waals surface area contributed by atoms with E-state index < -0.39 is 23.3 Å². The van der Waals surface area contributed by atoms with Gasteiger partial charge in [-0.2, -0.15) is 0 Å². The molecule has 5 aromatic carbocycles. The number of hydrogen-bond acceptors (Lipinski definition) is 7. The maximum atomic E-state index is 13.4. The number of benzene rings is 5. The van der Waals surface area contributed by atoms with E-state index in [0.717, 1.165) is 63.7 Å². The van der Waals surface area contributed by atoms with E-state index in [0.29, 0.717) is 11.4 Å². The van der Waals surface area contributed by atoms with Crippen molar-refractivity contribution in [2.45, 2.75) is 27.7 Å². The van der Waals surface area contributed by atoms with E-state index in [2.05, 4.69) is 62.2 Å². The first kappa shape index (κ1) is 72.3. The maximum absolute atomic E-state index is 13.4. The second-order valence-corrected chi connectivity index (χ2v) is 16.2. The van der Waals surface area contributed by atoms with Crippen molar-refractivity contribution in [3.8, 4) is 56.3 Å². The van der Waals surface area contributed by atoms with Crippen LogP contribution in [0.4, 0.5) is 17.6 Å². The Balaban J connectivity index is 0.000000910. The van der Waals surface area contributed by atoms with Crippen LogP contribution in [-0.4, -0.2) is 58.6 Å². The molecule has 0 aliphatic rings. The van der Waals surface area contributed by atoms with Crippen LogP contribution in [0.5, 0.6) is 0 Å². The van der Waals surface area contributed by atoms with Gasteiger partial charge in [0.25, 0.3) is 0 Å².